The minimum absolute atomic E-state index is 0.0635. The Morgan fingerprint density at radius 1 is 0.885 bits per heavy atom. The molecule has 0 atom stereocenters. The number of aryl methyl sites for hydroxylation is 1. The number of thiocarbonyl (C=S) groups is 1. The van der Waals surface area contributed by atoms with Gasteiger partial charge < -0.3 is 10.6 Å². The zero-order valence-corrected chi connectivity index (χ0v) is 14.2. The van der Waals surface area contributed by atoms with Crippen molar-refractivity contribution in [2.45, 2.75) is 25.8 Å². The first-order valence-corrected chi connectivity index (χ1v) is 7.76. The molecule has 0 saturated carbocycles. The fourth-order valence-electron chi connectivity index (χ4n) is 2.09. The van der Waals surface area contributed by atoms with E-state index in [2.05, 4.69) is 10.6 Å². The van der Waals surface area contributed by atoms with Crippen LogP contribution in [0.2, 0.25) is 0 Å². The van der Waals surface area contributed by atoms with Gasteiger partial charge in [-0.25, -0.2) is 0 Å². The van der Waals surface area contributed by atoms with Gasteiger partial charge in [-0.2, -0.15) is 26.3 Å². The molecule has 9 heteroatoms. The van der Waals surface area contributed by atoms with Gasteiger partial charge in [-0.3, -0.25) is 0 Å². The van der Waals surface area contributed by atoms with Gasteiger partial charge in [0.25, 0.3) is 0 Å². The molecule has 0 spiro atoms. The van der Waals surface area contributed by atoms with E-state index >= 15 is 0 Å². The minimum atomic E-state index is -4.91. The highest BCUT2D eigenvalue weighted by Crippen LogP contribution is 2.37. The van der Waals surface area contributed by atoms with E-state index < -0.39 is 29.2 Å². The fourth-order valence-corrected chi connectivity index (χ4v) is 2.28. The topological polar surface area (TPSA) is 24.1 Å². The van der Waals surface area contributed by atoms with Crippen LogP contribution >= 0.6 is 12.2 Å². The molecule has 2 N–H and O–H groups in total. The number of benzene rings is 2. The Labute approximate surface area is 151 Å². The second-order valence-corrected chi connectivity index (χ2v) is 6.00. The molecule has 0 heterocycles. The number of hydrogen-bond donors (Lipinski definition) is 2. The predicted octanol–water partition coefficient (Wildman–Crippen LogP) is 5.52. The van der Waals surface area contributed by atoms with Crippen molar-refractivity contribution in [3.05, 3.63) is 64.7 Å². The van der Waals surface area contributed by atoms with E-state index in [4.69, 9.17) is 12.2 Å². The van der Waals surface area contributed by atoms with E-state index in [1.54, 1.807) is 0 Å². The van der Waals surface area contributed by atoms with Crippen molar-refractivity contribution in [2.24, 2.45) is 0 Å². The van der Waals surface area contributed by atoms with Crippen LogP contribution in [-0.2, 0) is 18.9 Å². The summed E-state index contributed by atoms with van der Waals surface area (Å²) in [7, 11) is 0. The van der Waals surface area contributed by atoms with E-state index in [-0.39, 0.29) is 17.7 Å². The number of anilines is 1. The average Bonchev–Trinajstić information content (AvgIpc) is 2.52. The lowest BCUT2D eigenvalue weighted by molar-refractivity contribution is -0.143. The standard InChI is InChI=1S/C17H14F6N2S/c1-10-2-4-11(5-3-10)9-24-15(26)25-14-7-12(16(18,19)20)6-13(8-14)17(21,22)23/h2-8H,9H2,1H3,(H2,24,25,26). The summed E-state index contributed by atoms with van der Waals surface area (Å²) in [6, 6.07) is 8.62. The maximum Gasteiger partial charge on any atom is 0.416 e. The van der Waals surface area contributed by atoms with Gasteiger partial charge in [-0.15, -0.1) is 0 Å². The van der Waals surface area contributed by atoms with Gasteiger partial charge in [-0.05, 0) is 42.9 Å². The fraction of sp³-hybridized carbons (Fsp3) is 0.235. The Hall–Kier alpha value is -2.29. The summed E-state index contributed by atoms with van der Waals surface area (Å²) in [5, 5.41) is 5.02. The first-order chi connectivity index (χ1) is 11.9. The van der Waals surface area contributed by atoms with Crippen LogP contribution in [-0.4, -0.2) is 5.11 Å². The average molecular weight is 392 g/mol. The van der Waals surface area contributed by atoms with Crippen LogP contribution < -0.4 is 10.6 Å². The summed E-state index contributed by atoms with van der Waals surface area (Å²) in [4.78, 5) is 0. The Kier molecular flexibility index (Phi) is 5.80. The summed E-state index contributed by atoms with van der Waals surface area (Å²) in [6.45, 7) is 2.19. The molecule has 2 nitrogen and oxygen atoms in total. The summed E-state index contributed by atoms with van der Waals surface area (Å²) < 4.78 is 77.0. The largest absolute Gasteiger partial charge is 0.416 e. The molecule has 0 aliphatic carbocycles. The molecule has 0 fully saturated rings. The maximum absolute atomic E-state index is 12.8. The molecule has 0 unspecified atom stereocenters. The van der Waals surface area contributed by atoms with Gasteiger partial charge in [0.05, 0.1) is 11.1 Å². The Morgan fingerprint density at radius 3 is 1.85 bits per heavy atom. The Morgan fingerprint density at radius 2 is 1.38 bits per heavy atom. The molecule has 0 saturated heterocycles. The molecular weight excluding hydrogens is 378 g/mol. The van der Waals surface area contributed by atoms with Gasteiger partial charge in [-0.1, -0.05) is 29.8 Å². The van der Waals surface area contributed by atoms with Crippen molar-refractivity contribution < 1.29 is 26.3 Å². The van der Waals surface area contributed by atoms with Crippen LogP contribution in [0.1, 0.15) is 22.3 Å². The lowest BCUT2D eigenvalue weighted by Gasteiger charge is -2.16. The summed E-state index contributed by atoms with van der Waals surface area (Å²) >= 11 is 4.95. The van der Waals surface area contributed by atoms with Crippen LogP contribution in [0, 0.1) is 6.92 Å². The molecule has 2 aromatic carbocycles. The van der Waals surface area contributed by atoms with Crippen molar-refractivity contribution in [1.82, 2.24) is 5.32 Å². The van der Waals surface area contributed by atoms with Crippen LogP contribution in [0.4, 0.5) is 32.0 Å². The van der Waals surface area contributed by atoms with Crippen molar-refractivity contribution in [3.8, 4) is 0 Å². The van der Waals surface area contributed by atoms with Crippen molar-refractivity contribution >= 4 is 23.0 Å². The molecule has 0 bridgehead atoms. The SMILES string of the molecule is Cc1ccc(CNC(=S)Nc2cc(C(F)(F)F)cc(C(F)(F)F)c2)cc1. The normalized spacial score (nSPS) is 12.0. The lowest BCUT2D eigenvalue weighted by Crippen LogP contribution is -2.28. The van der Waals surface area contributed by atoms with Crippen molar-refractivity contribution in [2.75, 3.05) is 5.32 Å². The third kappa shape index (κ3) is 5.62. The second-order valence-electron chi connectivity index (χ2n) is 5.59. The molecular formula is C17H14F6N2S. The summed E-state index contributed by atoms with van der Waals surface area (Å²) in [6.07, 6.45) is -9.82. The number of halogens is 6. The third-order valence-electron chi connectivity index (χ3n) is 3.42. The highest BCUT2D eigenvalue weighted by molar-refractivity contribution is 7.80. The van der Waals surface area contributed by atoms with Crippen LogP contribution in [0.3, 0.4) is 0 Å². The molecule has 2 rings (SSSR count). The highest BCUT2D eigenvalue weighted by atomic mass is 32.1. The second kappa shape index (κ2) is 7.53. The number of hydrogen-bond acceptors (Lipinski definition) is 1. The highest BCUT2D eigenvalue weighted by Gasteiger charge is 2.37. The molecule has 0 aliphatic rings. The molecule has 2 aromatic rings. The van der Waals surface area contributed by atoms with Crippen LogP contribution in [0.5, 0.6) is 0 Å². The number of alkyl halides is 6. The quantitative estimate of drug-likeness (QED) is 0.531. The van der Waals surface area contributed by atoms with Gasteiger partial charge >= 0.3 is 12.4 Å². The van der Waals surface area contributed by atoms with Crippen LogP contribution in [0.25, 0.3) is 0 Å². The van der Waals surface area contributed by atoms with Crippen molar-refractivity contribution in [1.29, 1.82) is 0 Å². The van der Waals surface area contributed by atoms with Gasteiger partial charge in [0, 0.05) is 12.2 Å². The number of rotatable bonds is 3. The third-order valence-corrected chi connectivity index (χ3v) is 3.67. The Bertz CT molecular complexity index is 749. The zero-order valence-electron chi connectivity index (χ0n) is 13.4. The van der Waals surface area contributed by atoms with E-state index in [0.717, 1.165) is 11.1 Å². The van der Waals surface area contributed by atoms with E-state index in [1.807, 2.05) is 31.2 Å². The monoisotopic (exact) mass is 392 g/mol. The van der Waals surface area contributed by atoms with E-state index in [1.165, 1.54) is 0 Å². The molecule has 0 aromatic heterocycles. The van der Waals surface area contributed by atoms with Crippen molar-refractivity contribution in [3.63, 3.8) is 0 Å². The molecule has 0 radical (unpaired) electrons. The Balaban J connectivity index is 2.14. The molecule has 26 heavy (non-hydrogen) atoms. The van der Waals surface area contributed by atoms with E-state index in [9.17, 15) is 26.3 Å². The van der Waals surface area contributed by atoms with Gasteiger partial charge in [0.15, 0.2) is 5.11 Å². The zero-order chi connectivity index (χ0) is 19.5. The summed E-state index contributed by atoms with van der Waals surface area (Å²) in [5.41, 5.74) is -1.29. The smallest absolute Gasteiger partial charge is 0.358 e. The van der Waals surface area contributed by atoms with Gasteiger partial charge in [0.1, 0.15) is 0 Å². The van der Waals surface area contributed by atoms with Gasteiger partial charge in [0.2, 0.25) is 0 Å². The van der Waals surface area contributed by atoms with Crippen LogP contribution in [0.15, 0.2) is 42.5 Å². The molecule has 140 valence electrons. The predicted molar refractivity (Wildman–Crippen MR) is 90.7 cm³/mol. The minimum Gasteiger partial charge on any atom is -0.358 e. The maximum atomic E-state index is 12.8. The number of nitrogens with one attached hydrogen (secondary N) is 2. The molecule has 0 amide bonds. The lowest BCUT2D eigenvalue weighted by atomic mass is 10.1. The summed E-state index contributed by atoms with van der Waals surface area (Å²) in [5.74, 6) is 0. The first-order valence-electron chi connectivity index (χ1n) is 7.35. The first kappa shape index (κ1) is 20.0. The molecule has 0 aliphatic heterocycles. The van der Waals surface area contributed by atoms with E-state index in [0.29, 0.717) is 12.1 Å².